The first kappa shape index (κ1) is 16.9. The lowest BCUT2D eigenvalue weighted by Crippen LogP contribution is -2.05. The van der Waals surface area contributed by atoms with Gasteiger partial charge in [0, 0.05) is 11.1 Å². The van der Waals surface area contributed by atoms with Crippen LogP contribution in [0.4, 0.5) is 0 Å². The molecular formula is C18H11ClN4O4. The summed E-state index contributed by atoms with van der Waals surface area (Å²) in [6.45, 7) is -0.151. The Bertz CT molecular complexity index is 1060. The zero-order valence-electron chi connectivity index (χ0n) is 13.7. The zero-order chi connectivity index (χ0) is 18.6. The second-order valence-electron chi connectivity index (χ2n) is 5.39. The number of halogens is 1. The summed E-state index contributed by atoms with van der Waals surface area (Å²) in [7, 11) is 0. The number of aromatic nitrogens is 4. The van der Waals surface area contributed by atoms with Crippen LogP contribution in [0.15, 0.2) is 63.9 Å². The van der Waals surface area contributed by atoms with Crippen LogP contribution in [0.25, 0.3) is 22.8 Å². The van der Waals surface area contributed by atoms with Crippen LogP contribution in [-0.2, 0) is 11.3 Å². The van der Waals surface area contributed by atoms with Gasteiger partial charge in [0.25, 0.3) is 5.89 Å². The summed E-state index contributed by atoms with van der Waals surface area (Å²) in [5.74, 6) is 0.341. The number of rotatable bonds is 5. The molecule has 0 aliphatic rings. The van der Waals surface area contributed by atoms with Gasteiger partial charge in [-0.05, 0) is 36.4 Å². The summed E-state index contributed by atoms with van der Waals surface area (Å²) in [6.07, 6.45) is 1.23. The van der Waals surface area contributed by atoms with E-state index in [4.69, 9.17) is 25.3 Å². The molecule has 8 nitrogen and oxygen atoms in total. The van der Waals surface area contributed by atoms with Crippen molar-refractivity contribution in [1.82, 2.24) is 20.3 Å². The van der Waals surface area contributed by atoms with Crippen LogP contribution in [0.2, 0.25) is 5.02 Å². The van der Waals surface area contributed by atoms with Crippen LogP contribution in [0.5, 0.6) is 0 Å². The highest BCUT2D eigenvalue weighted by Gasteiger charge is 2.14. The predicted molar refractivity (Wildman–Crippen MR) is 93.6 cm³/mol. The van der Waals surface area contributed by atoms with Gasteiger partial charge in [-0.2, -0.15) is 4.98 Å². The lowest BCUT2D eigenvalue weighted by atomic mass is 10.1. The van der Waals surface area contributed by atoms with E-state index in [9.17, 15) is 4.79 Å². The Morgan fingerprint density at radius 3 is 2.67 bits per heavy atom. The molecular weight excluding hydrogens is 372 g/mol. The number of benzene rings is 2. The number of hydrogen-bond acceptors (Lipinski definition) is 8. The van der Waals surface area contributed by atoms with E-state index >= 15 is 0 Å². The molecule has 4 aromatic rings. The van der Waals surface area contributed by atoms with E-state index in [1.54, 1.807) is 42.5 Å². The van der Waals surface area contributed by atoms with E-state index in [1.807, 2.05) is 6.07 Å². The highest BCUT2D eigenvalue weighted by atomic mass is 35.5. The van der Waals surface area contributed by atoms with Gasteiger partial charge in [-0.25, -0.2) is 4.79 Å². The van der Waals surface area contributed by atoms with Gasteiger partial charge in [0.15, 0.2) is 6.61 Å². The standard InChI is InChI=1S/C18H11ClN4O4/c19-14-4-2-1-3-13(14)16-21-15(27-23-16)9-25-18(24)12-7-5-11(6-8-12)17-22-20-10-26-17/h1-8,10H,9H2. The number of esters is 1. The fourth-order valence-electron chi connectivity index (χ4n) is 2.32. The fourth-order valence-corrected chi connectivity index (χ4v) is 2.54. The molecule has 0 radical (unpaired) electrons. The minimum Gasteiger partial charge on any atom is -0.452 e. The monoisotopic (exact) mass is 382 g/mol. The van der Waals surface area contributed by atoms with Crippen LogP contribution < -0.4 is 0 Å². The van der Waals surface area contributed by atoms with Crippen molar-refractivity contribution in [3.05, 3.63) is 71.4 Å². The van der Waals surface area contributed by atoms with Crippen LogP contribution in [0.3, 0.4) is 0 Å². The van der Waals surface area contributed by atoms with E-state index in [0.717, 1.165) is 0 Å². The Balaban J connectivity index is 1.40. The van der Waals surface area contributed by atoms with Crippen LogP contribution in [0.1, 0.15) is 16.2 Å². The summed E-state index contributed by atoms with van der Waals surface area (Å²) in [5, 5.41) is 11.8. The minimum absolute atomic E-state index is 0.151. The van der Waals surface area contributed by atoms with E-state index in [1.165, 1.54) is 6.39 Å². The fraction of sp³-hybridized carbons (Fsp3) is 0.0556. The van der Waals surface area contributed by atoms with E-state index < -0.39 is 5.97 Å². The SMILES string of the molecule is O=C(OCc1nc(-c2ccccc2Cl)no1)c1ccc(-c2nnco2)cc1. The maximum Gasteiger partial charge on any atom is 0.338 e. The van der Waals surface area contributed by atoms with Crippen molar-refractivity contribution in [3.8, 4) is 22.8 Å². The summed E-state index contributed by atoms with van der Waals surface area (Å²) in [6, 6.07) is 13.7. The Kier molecular flexibility index (Phi) is 4.63. The third-order valence-corrected chi connectivity index (χ3v) is 3.97. The van der Waals surface area contributed by atoms with Gasteiger partial charge in [0.05, 0.1) is 10.6 Å². The Morgan fingerprint density at radius 2 is 1.93 bits per heavy atom. The highest BCUT2D eigenvalue weighted by Crippen LogP contribution is 2.25. The van der Waals surface area contributed by atoms with Gasteiger partial charge in [0.1, 0.15) is 0 Å². The van der Waals surface area contributed by atoms with Gasteiger partial charge >= 0.3 is 5.97 Å². The van der Waals surface area contributed by atoms with Crippen LogP contribution in [-0.4, -0.2) is 26.3 Å². The minimum atomic E-state index is -0.524. The maximum atomic E-state index is 12.2. The first-order valence-corrected chi connectivity index (χ1v) is 8.20. The topological polar surface area (TPSA) is 104 Å². The Hall–Kier alpha value is -3.52. The van der Waals surface area contributed by atoms with E-state index in [2.05, 4.69) is 20.3 Å². The lowest BCUT2D eigenvalue weighted by Gasteiger charge is -2.02. The molecule has 0 spiro atoms. The van der Waals surface area contributed by atoms with Gasteiger partial charge in [0.2, 0.25) is 18.1 Å². The molecule has 0 saturated carbocycles. The molecule has 0 saturated heterocycles. The smallest absolute Gasteiger partial charge is 0.338 e. The van der Waals surface area contributed by atoms with Gasteiger partial charge < -0.3 is 13.7 Å². The average molecular weight is 383 g/mol. The molecule has 2 aromatic carbocycles. The summed E-state index contributed by atoms with van der Waals surface area (Å²) in [5.41, 5.74) is 1.70. The lowest BCUT2D eigenvalue weighted by molar-refractivity contribution is 0.0430. The molecule has 2 aromatic heterocycles. The second kappa shape index (κ2) is 7.38. The molecule has 0 amide bonds. The van der Waals surface area contributed by atoms with Crippen molar-refractivity contribution < 1.29 is 18.5 Å². The van der Waals surface area contributed by atoms with Crippen molar-refractivity contribution in [3.63, 3.8) is 0 Å². The normalized spacial score (nSPS) is 10.7. The van der Waals surface area contributed by atoms with Gasteiger partial charge in [-0.3, -0.25) is 0 Å². The van der Waals surface area contributed by atoms with Gasteiger partial charge in [-0.1, -0.05) is 28.9 Å². The van der Waals surface area contributed by atoms with Crippen molar-refractivity contribution >= 4 is 17.6 Å². The molecule has 0 unspecified atom stereocenters. The molecule has 4 rings (SSSR count). The first-order valence-electron chi connectivity index (χ1n) is 7.82. The number of ether oxygens (including phenoxy) is 1. The quantitative estimate of drug-likeness (QED) is 0.480. The molecule has 0 aliphatic heterocycles. The van der Waals surface area contributed by atoms with E-state index in [-0.39, 0.29) is 12.5 Å². The number of hydrogen-bond donors (Lipinski definition) is 0. The van der Waals surface area contributed by atoms with Gasteiger partial charge in [-0.15, -0.1) is 10.2 Å². The molecule has 0 aliphatic carbocycles. The summed E-state index contributed by atoms with van der Waals surface area (Å²) in [4.78, 5) is 16.3. The molecule has 0 fully saturated rings. The first-order chi connectivity index (χ1) is 13.2. The number of nitrogens with zero attached hydrogens (tertiary/aromatic N) is 4. The Morgan fingerprint density at radius 1 is 1.11 bits per heavy atom. The number of carbonyl (C=O) groups is 1. The summed E-state index contributed by atoms with van der Waals surface area (Å²) < 4.78 is 15.4. The highest BCUT2D eigenvalue weighted by molar-refractivity contribution is 6.33. The molecule has 0 bridgehead atoms. The molecule has 0 atom stereocenters. The van der Waals surface area contributed by atoms with Crippen molar-refractivity contribution in [2.24, 2.45) is 0 Å². The predicted octanol–water partition coefficient (Wildman–Crippen LogP) is 3.80. The molecule has 0 N–H and O–H groups in total. The van der Waals surface area contributed by atoms with Crippen molar-refractivity contribution in [2.45, 2.75) is 6.61 Å². The average Bonchev–Trinajstić information content (AvgIpc) is 3.39. The molecule has 2 heterocycles. The molecule has 9 heteroatoms. The molecule has 134 valence electrons. The largest absolute Gasteiger partial charge is 0.452 e. The third kappa shape index (κ3) is 3.70. The summed E-state index contributed by atoms with van der Waals surface area (Å²) >= 11 is 6.10. The van der Waals surface area contributed by atoms with Crippen LogP contribution >= 0.6 is 11.6 Å². The molecule has 27 heavy (non-hydrogen) atoms. The second-order valence-corrected chi connectivity index (χ2v) is 5.80. The van der Waals surface area contributed by atoms with E-state index in [0.29, 0.717) is 33.4 Å². The number of carbonyl (C=O) groups excluding carboxylic acids is 1. The Labute approximate surface area is 157 Å². The van der Waals surface area contributed by atoms with Crippen molar-refractivity contribution in [2.75, 3.05) is 0 Å². The maximum absolute atomic E-state index is 12.2. The zero-order valence-corrected chi connectivity index (χ0v) is 14.5. The van der Waals surface area contributed by atoms with Crippen molar-refractivity contribution in [1.29, 1.82) is 0 Å². The third-order valence-electron chi connectivity index (χ3n) is 3.64. The van der Waals surface area contributed by atoms with Crippen LogP contribution in [0, 0.1) is 0 Å².